The Hall–Kier alpha value is -1.73. The molecule has 3 rings (SSSR count). The van der Waals surface area contributed by atoms with Crippen LogP contribution in [0.1, 0.15) is 43.4 Å². The van der Waals surface area contributed by atoms with Crippen LogP contribution < -0.4 is 4.90 Å². The third-order valence-corrected chi connectivity index (χ3v) is 7.71. The highest BCUT2D eigenvalue weighted by Gasteiger charge is 2.31. The maximum absolute atomic E-state index is 13.0. The van der Waals surface area contributed by atoms with Gasteiger partial charge in [-0.1, -0.05) is 56.3 Å². The average molecular weight is 404 g/mol. The molecule has 0 aromatic heterocycles. The second-order valence-electron chi connectivity index (χ2n) is 7.66. The van der Waals surface area contributed by atoms with Gasteiger partial charge < -0.3 is 10.0 Å². The number of hydrogen-bond acceptors (Lipinski definition) is 3. The summed E-state index contributed by atoms with van der Waals surface area (Å²) >= 11 is 0. The number of aliphatic hydroxyl groups is 1. The van der Waals surface area contributed by atoms with Gasteiger partial charge >= 0.3 is 0 Å². The quantitative estimate of drug-likeness (QED) is 0.741. The first-order valence-corrected chi connectivity index (χ1v) is 11.5. The fourth-order valence-electron chi connectivity index (χ4n) is 3.67. The zero-order valence-corrected chi connectivity index (χ0v) is 17.5. The third kappa shape index (κ3) is 4.81. The Morgan fingerprint density at radius 2 is 1.61 bits per heavy atom. The van der Waals surface area contributed by atoms with E-state index in [0.29, 0.717) is 43.5 Å². The van der Waals surface area contributed by atoms with Crippen molar-refractivity contribution in [2.45, 2.75) is 37.2 Å². The van der Waals surface area contributed by atoms with Crippen LogP contribution in [0.5, 0.6) is 0 Å². The van der Waals surface area contributed by atoms with Crippen molar-refractivity contribution in [1.82, 2.24) is 4.31 Å². The molecule has 0 bridgehead atoms. The molecule has 2 atom stereocenters. The summed E-state index contributed by atoms with van der Waals surface area (Å²) in [4.78, 5) is 1.60. The molecule has 0 unspecified atom stereocenters. The summed E-state index contributed by atoms with van der Waals surface area (Å²) < 4.78 is 27.5. The Morgan fingerprint density at radius 3 is 2.18 bits per heavy atom. The molecule has 1 aliphatic rings. The highest BCUT2D eigenvalue weighted by Crippen LogP contribution is 2.22. The lowest BCUT2D eigenvalue weighted by atomic mass is 9.99. The smallest absolute Gasteiger partial charge is 0.243 e. The summed E-state index contributed by atoms with van der Waals surface area (Å²) in [6, 6.07) is 16.9. The first-order valence-electron chi connectivity index (χ1n) is 10.1. The molecule has 2 aromatic rings. The third-order valence-electron chi connectivity index (χ3n) is 5.80. The van der Waals surface area contributed by atoms with E-state index in [0.717, 1.165) is 12.0 Å². The molecule has 0 aliphatic carbocycles. The van der Waals surface area contributed by atoms with Crippen LogP contribution in [0, 0.1) is 0 Å². The molecule has 5 nitrogen and oxygen atoms in total. The number of sulfonamides is 1. The second kappa shape index (κ2) is 9.18. The molecule has 152 valence electrons. The molecule has 2 aromatic carbocycles. The van der Waals surface area contributed by atoms with E-state index in [4.69, 9.17) is 0 Å². The van der Waals surface area contributed by atoms with E-state index in [1.54, 1.807) is 16.4 Å². The summed E-state index contributed by atoms with van der Waals surface area (Å²) in [7, 11) is -3.46. The zero-order valence-electron chi connectivity index (χ0n) is 16.7. The molecule has 28 heavy (non-hydrogen) atoms. The minimum Gasteiger partial charge on any atom is -0.382 e. The van der Waals surface area contributed by atoms with Crippen molar-refractivity contribution in [3.63, 3.8) is 0 Å². The fourth-order valence-corrected chi connectivity index (χ4v) is 5.11. The van der Waals surface area contributed by atoms with Crippen molar-refractivity contribution < 1.29 is 18.4 Å². The van der Waals surface area contributed by atoms with Crippen LogP contribution in [0.4, 0.5) is 0 Å². The van der Waals surface area contributed by atoms with E-state index < -0.39 is 16.1 Å². The average Bonchev–Trinajstić information content (AvgIpc) is 2.74. The monoisotopic (exact) mass is 403 g/mol. The molecule has 0 amide bonds. The molecular weight excluding hydrogens is 372 g/mol. The van der Waals surface area contributed by atoms with E-state index in [2.05, 4.69) is 13.8 Å². The van der Waals surface area contributed by atoms with Crippen molar-refractivity contribution in [2.75, 3.05) is 32.7 Å². The highest BCUT2D eigenvalue weighted by molar-refractivity contribution is 7.89. The minimum absolute atomic E-state index is 0.368. The number of quaternary nitrogens is 1. The number of aliphatic hydroxyl groups excluding tert-OH is 1. The SMILES string of the molecule is CC[C@@H](C)c1ccc(S(=O)(=O)N2CC[NH+](C[C@H](O)c3ccccc3)CC2)cc1. The fraction of sp³-hybridized carbons (Fsp3) is 0.455. The molecule has 6 heteroatoms. The van der Waals surface area contributed by atoms with Crippen molar-refractivity contribution in [3.8, 4) is 0 Å². The number of rotatable bonds is 7. The number of benzene rings is 2. The van der Waals surface area contributed by atoms with Crippen LogP contribution in [-0.2, 0) is 10.0 Å². The molecule has 0 saturated carbocycles. The van der Waals surface area contributed by atoms with E-state index in [9.17, 15) is 13.5 Å². The van der Waals surface area contributed by atoms with Gasteiger partial charge in [-0.05, 0) is 35.6 Å². The topological polar surface area (TPSA) is 62.0 Å². The van der Waals surface area contributed by atoms with Crippen LogP contribution >= 0.6 is 0 Å². The van der Waals surface area contributed by atoms with Gasteiger partial charge in [0.25, 0.3) is 0 Å². The Balaban J connectivity index is 1.59. The van der Waals surface area contributed by atoms with Gasteiger partial charge in [-0.2, -0.15) is 4.31 Å². The number of nitrogens with zero attached hydrogens (tertiary/aromatic N) is 1. The molecule has 1 saturated heterocycles. The van der Waals surface area contributed by atoms with Crippen molar-refractivity contribution in [2.24, 2.45) is 0 Å². The summed E-state index contributed by atoms with van der Waals surface area (Å²) in [6.45, 7) is 7.24. The lowest BCUT2D eigenvalue weighted by Crippen LogP contribution is -3.15. The number of hydrogen-bond donors (Lipinski definition) is 2. The van der Waals surface area contributed by atoms with Crippen LogP contribution in [0.15, 0.2) is 59.5 Å². The van der Waals surface area contributed by atoms with Crippen LogP contribution in [0.25, 0.3) is 0 Å². The van der Waals surface area contributed by atoms with E-state index in [-0.39, 0.29) is 0 Å². The normalized spacial score (nSPS) is 18.7. The molecule has 0 radical (unpaired) electrons. The van der Waals surface area contributed by atoms with Crippen LogP contribution in [0.3, 0.4) is 0 Å². The lowest BCUT2D eigenvalue weighted by Gasteiger charge is -2.32. The molecule has 0 spiro atoms. The second-order valence-corrected chi connectivity index (χ2v) is 9.60. The molecule has 1 fully saturated rings. The standard InChI is InChI=1S/C22H30N2O3S/c1-3-18(2)19-9-11-21(12-10-19)28(26,27)24-15-13-23(14-16-24)17-22(25)20-7-5-4-6-8-20/h4-12,18,22,25H,3,13-17H2,1-2H3/p+1/t18-,22+/m1/s1. The minimum atomic E-state index is -3.46. The van der Waals surface area contributed by atoms with Gasteiger partial charge in [0, 0.05) is 0 Å². The first kappa shape index (κ1) is 21.0. The zero-order chi connectivity index (χ0) is 20.1. The maximum atomic E-state index is 13.0. The molecule has 1 heterocycles. The predicted molar refractivity (Wildman–Crippen MR) is 111 cm³/mol. The Kier molecular flexibility index (Phi) is 6.88. The van der Waals surface area contributed by atoms with Gasteiger partial charge in [-0.15, -0.1) is 0 Å². The Morgan fingerprint density at radius 1 is 1.00 bits per heavy atom. The van der Waals surface area contributed by atoms with E-state index in [1.807, 2.05) is 42.5 Å². The van der Waals surface area contributed by atoms with Gasteiger partial charge in [0.15, 0.2) is 0 Å². The Bertz CT molecular complexity index is 845. The Labute approximate surface area is 168 Å². The summed E-state index contributed by atoms with van der Waals surface area (Å²) in [6.07, 6.45) is 0.513. The van der Waals surface area contributed by atoms with Gasteiger partial charge in [0.1, 0.15) is 12.6 Å². The van der Waals surface area contributed by atoms with E-state index in [1.165, 1.54) is 10.5 Å². The number of piperazine rings is 1. The number of nitrogens with one attached hydrogen (secondary N) is 1. The van der Waals surface area contributed by atoms with Crippen LogP contribution in [0.2, 0.25) is 0 Å². The van der Waals surface area contributed by atoms with Crippen molar-refractivity contribution in [3.05, 3.63) is 65.7 Å². The van der Waals surface area contributed by atoms with Crippen molar-refractivity contribution in [1.29, 1.82) is 0 Å². The highest BCUT2D eigenvalue weighted by atomic mass is 32.2. The van der Waals surface area contributed by atoms with Gasteiger partial charge in [0.05, 0.1) is 31.1 Å². The lowest BCUT2D eigenvalue weighted by molar-refractivity contribution is -0.907. The molecule has 1 aliphatic heterocycles. The summed E-state index contributed by atoms with van der Waals surface area (Å²) in [5.41, 5.74) is 2.08. The predicted octanol–water partition coefficient (Wildman–Crippen LogP) is 1.82. The van der Waals surface area contributed by atoms with Gasteiger partial charge in [-0.3, -0.25) is 0 Å². The van der Waals surface area contributed by atoms with Crippen molar-refractivity contribution >= 4 is 10.0 Å². The first-order chi connectivity index (χ1) is 13.4. The van der Waals surface area contributed by atoms with Crippen LogP contribution in [-0.4, -0.2) is 50.6 Å². The van der Waals surface area contributed by atoms with Gasteiger partial charge in [0.2, 0.25) is 10.0 Å². The van der Waals surface area contributed by atoms with Gasteiger partial charge in [-0.25, -0.2) is 8.42 Å². The van der Waals surface area contributed by atoms with E-state index >= 15 is 0 Å². The largest absolute Gasteiger partial charge is 0.382 e. The summed E-state index contributed by atoms with van der Waals surface area (Å²) in [5, 5.41) is 10.4. The maximum Gasteiger partial charge on any atom is 0.243 e. The summed E-state index contributed by atoms with van der Waals surface area (Å²) in [5.74, 6) is 0.431. The molecule has 2 N–H and O–H groups in total. The molecular formula is C22H31N2O3S+.